The molecule has 0 spiro atoms. The summed E-state index contributed by atoms with van der Waals surface area (Å²) in [4.78, 5) is 1.35. The molecule has 0 aliphatic carbocycles. The van der Waals surface area contributed by atoms with Crippen LogP contribution in [0.15, 0.2) is 28.6 Å². The zero-order valence-electron chi connectivity index (χ0n) is 12.2. The zero-order valence-corrected chi connectivity index (χ0v) is 13.8. The summed E-state index contributed by atoms with van der Waals surface area (Å²) < 4.78 is 28.6. The largest absolute Gasteiger partial charge is 0.312 e. The fourth-order valence-corrected chi connectivity index (χ4v) is 4.11. The van der Waals surface area contributed by atoms with Gasteiger partial charge in [-0.3, -0.25) is 4.68 Å². The fraction of sp³-hybridized carbons (Fsp3) is 0.462. The van der Waals surface area contributed by atoms with E-state index in [1.165, 1.54) is 11.3 Å². The molecular weight excluding hydrogens is 308 g/mol. The Labute approximate surface area is 129 Å². The van der Waals surface area contributed by atoms with Gasteiger partial charge in [-0.05, 0) is 18.7 Å². The average molecular weight is 328 g/mol. The normalized spacial score (nSPS) is 11.9. The SMILES string of the molecule is CCNCc1cc(S(=O)(=O)NCCc2ccn(C)n2)cs1. The minimum atomic E-state index is -3.43. The number of sulfonamides is 1. The molecule has 0 radical (unpaired) electrons. The molecule has 0 fully saturated rings. The van der Waals surface area contributed by atoms with Gasteiger partial charge < -0.3 is 5.32 Å². The van der Waals surface area contributed by atoms with E-state index in [4.69, 9.17) is 0 Å². The van der Waals surface area contributed by atoms with Gasteiger partial charge in [-0.1, -0.05) is 6.92 Å². The highest BCUT2D eigenvalue weighted by molar-refractivity contribution is 7.89. The molecule has 0 saturated carbocycles. The van der Waals surface area contributed by atoms with Crippen LogP contribution in [0.25, 0.3) is 0 Å². The number of hydrogen-bond donors (Lipinski definition) is 2. The van der Waals surface area contributed by atoms with Crippen LogP contribution in [0.4, 0.5) is 0 Å². The maximum Gasteiger partial charge on any atom is 0.241 e. The number of nitrogens with zero attached hydrogens (tertiary/aromatic N) is 2. The maximum absolute atomic E-state index is 12.2. The molecule has 21 heavy (non-hydrogen) atoms. The lowest BCUT2D eigenvalue weighted by Gasteiger charge is -2.03. The van der Waals surface area contributed by atoms with E-state index in [-0.39, 0.29) is 0 Å². The fourth-order valence-electron chi connectivity index (χ4n) is 1.84. The number of aromatic nitrogens is 2. The van der Waals surface area contributed by atoms with Gasteiger partial charge in [0, 0.05) is 43.0 Å². The predicted molar refractivity (Wildman–Crippen MR) is 83.8 cm³/mol. The first-order valence-electron chi connectivity index (χ1n) is 6.77. The highest BCUT2D eigenvalue weighted by Gasteiger charge is 2.15. The first-order valence-corrected chi connectivity index (χ1v) is 9.14. The van der Waals surface area contributed by atoms with E-state index < -0.39 is 10.0 Å². The molecule has 0 amide bonds. The van der Waals surface area contributed by atoms with Crippen molar-refractivity contribution in [1.29, 1.82) is 0 Å². The third-order valence-electron chi connectivity index (χ3n) is 2.93. The smallest absolute Gasteiger partial charge is 0.241 e. The molecule has 0 aliphatic rings. The Morgan fingerprint density at radius 1 is 1.43 bits per heavy atom. The molecule has 2 heterocycles. The molecule has 0 saturated heterocycles. The second kappa shape index (κ2) is 7.17. The van der Waals surface area contributed by atoms with Crippen LogP contribution in [-0.4, -0.2) is 31.3 Å². The number of aryl methyl sites for hydroxylation is 1. The monoisotopic (exact) mass is 328 g/mol. The van der Waals surface area contributed by atoms with Gasteiger partial charge >= 0.3 is 0 Å². The second-order valence-electron chi connectivity index (χ2n) is 4.66. The van der Waals surface area contributed by atoms with Crippen LogP contribution in [0.2, 0.25) is 0 Å². The van der Waals surface area contributed by atoms with Gasteiger partial charge in [-0.15, -0.1) is 11.3 Å². The quantitative estimate of drug-likeness (QED) is 0.761. The number of thiophene rings is 1. The molecule has 2 aromatic heterocycles. The van der Waals surface area contributed by atoms with Crippen molar-refractivity contribution < 1.29 is 8.42 Å². The first kappa shape index (κ1) is 16.2. The lowest BCUT2D eigenvalue weighted by Crippen LogP contribution is -2.25. The van der Waals surface area contributed by atoms with Gasteiger partial charge in [-0.25, -0.2) is 13.1 Å². The summed E-state index contributed by atoms with van der Waals surface area (Å²) in [7, 11) is -1.59. The zero-order chi connectivity index (χ0) is 15.3. The molecule has 8 heteroatoms. The van der Waals surface area contributed by atoms with Crippen LogP contribution in [0.5, 0.6) is 0 Å². The Morgan fingerprint density at radius 2 is 2.24 bits per heavy atom. The Kier molecular flexibility index (Phi) is 5.51. The molecule has 0 atom stereocenters. The highest BCUT2D eigenvalue weighted by Crippen LogP contribution is 2.19. The van der Waals surface area contributed by atoms with E-state index in [0.29, 0.717) is 24.4 Å². The van der Waals surface area contributed by atoms with Crippen LogP contribution >= 0.6 is 11.3 Å². The number of nitrogens with one attached hydrogen (secondary N) is 2. The summed E-state index contributed by atoms with van der Waals surface area (Å²) >= 11 is 1.45. The summed E-state index contributed by atoms with van der Waals surface area (Å²) in [5.41, 5.74) is 0.873. The predicted octanol–water partition coefficient (Wildman–Crippen LogP) is 1.11. The van der Waals surface area contributed by atoms with Crippen LogP contribution in [0.1, 0.15) is 17.5 Å². The van der Waals surface area contributed by atoms with Gasteiger partial charge in [0.15, 0.2) is 0 Å². The summed E-state index contributed by atoms with van der Waals surface area (Å²) in [6.45, 7) is 3.93. The van der Waals surface area contributed by atoms with Crippen LogP contribution < -0.4 is 10.0 Å². The van der Waals surface area contributed by atoms with Gasteiger partial charge in [0.2, 0.25) is 10.0 Å². The van der Waals surface area contributed by atoms with Gasteiger partial charge in [0.1, 0.15) is 0 Å². The topological polar surface area (TPSA) is 76.0 Å². The summed E-state index contributed by atoms with van der Waals surface area (Å²) in [5.74, 6) is 0. The van der Waals surface area contributed by atoms with Crippen molar-refractivity contribution in [2.45, 2.75) is 24.8 Å². The third-order valence-corrected chi connectivity index (χ3v) is 5.46. The van der Waals surface area contributed by atoms with E-state index in [1.54, 1.807) is 16.1 Å². The Morgan fingerprint density at radius 3 is 2.90 bits per heavy atom. The molecule has 2 aromatic rings. The average Bonchev–Trinajstić information content (AvgIpc) is 3.06. The van der Waals surface area contributed by atoms with E-state index in [1.807, 2.05) is 26.2 Å². The molecule has 0 bridgehead atoms. The molecule has 6 nitrogen and oxygen atoms in total. The Hall–Kier alpha value is -1.22. The summed E-state index contributed by atoms with van der Waals surface area (Å²) in [5, 5.41) is 9.07. The molecule has 0 unspecified atom stereocenters. The van der Waals surface area contributed by atoms with Crippen molar-refractivity contribution in [2.24, 2.45) is 7.05 Å². The standard InChI is InChI=1S/C13H20N4O2S2/c1-3-14-9-12-8-13(10-20-12)21(18,19)15-6-4-11-5-7-17(2)16-11/h5,7-8,10,14-15H,3-4,6,9H2,1-2H3. The minimum Gasteiger partial charge on any atom is -0.312 e. The second-order valence-corrected chi connectivity index (χ2v) is 7.42. The summed E-state index contributed by atoms with van der Waals surface area (Å²) in [6, 6.07) is 3.60. The van der Waals surface area contributed by atoms with E-state index in [0.717, 1.165) is 17.1 Å². The van der Waals surface area contributed by atoms with E-state index in [9.17, 15) is 8.42 Å². The van der Waals surface area contributed by atoms with Crippen molar-refractivity contribution in [1.82, 2.24) is 19.8 Å². The lowest BCUT2D eigenvalue weighted by atomic mass is 10.3. The molecule has 0 aliphatic heterocycles. The Balaban J connectivity index is 1.90. The first-order chi connectivity index (χ1) is 10.0. The maximum atomic E-state index is 12.2. The summed E-state index contributed by atoms with van der Waals surface area (Å²) in [6.07, 6.45) is 2.42. The van der Waals surface area contributed by atoms with Crippen molar-refractivity contribution in [3.8, 4) is 0 Å². The molecule has 2 rings (SSSR count). The van der Waals surface area contributed by atoms with Crippen molar-refractivity contribution >= 4 is 21.4 Å². The van der Waals surface area contributed by atoms with Crippen molar-refractivity contribution in [2.75, 3.05) is 13.1 Å². The van der Waals surface area contributed by atoms with Gasteiger partial charge in [0.25, 0.3) is 0 Å². The highest BCUT2D eigenvalue weighted by atomic mass is 32.2. The van der Waals surface area contributed by atoms with Crippen LogP contribution in [0.3, 0.4) is 0 Å². The van der Waals surface area contributed by atoms with E-state index >= 15 is 0 Å². The van der Waals surface area contributed by atoms with E-state index in [2.05, 4.69) is 15.1 Å². The molecule has 0 aromatic carbocycles. The molecular formula is C13H20N4O2S2. The van der Waals surface area contributed by atoms with Crippen molar-refractivity contribution in [3.05, 3.63) is 34.3 Å². The molecule has 116 valence electrons. The Bertz CT molecular complexity index is 676. The minimum absolute atomic E-state index is 0.335. The lowest BCUT2D eigenvalue weighted by molar-refractivity contribution is 0.581. The number of rotatable bonds is 8. The van der Waals surface area contributed by atoms with Crippen molar-refractivity contribution in [3.63, 3.8) is 0 Å². The molecule has 2 N–H and O–H groups in total. The van der Waals surface area contributed by atoms with Gasteiger partial charge in [-0.2, -0.15) is 5.10 Å². The third kappa shape index (κ3) is 4.63. The van der Waals surface area contributed by atoms with Crippen LogP contribution in [-0.2, 0) is 30.0 Å². The van der Waals surface area contributed by atoms with Crippen LogP contribution in [0, 0.1) is 0 Å². The number of hydrogen-bond acceptors (Lipinski definition) is 5. The van der Waals surface area contributed by atoms with Gasteiger partial charge in [0.05, 0.1) is 10.6 Å².